The van der Waals surface area contributed by atoms with Crippen molar-refractivity contribution in [3.63, 3.8) is 0 Å². The Morgan fingerprint density at radius 2 is 2.23 bits per heavy atom. The van der Waals surface area contributed by atoms with Crippen LogP contribution < -0.4 is 5.32 Å². The SMILES string of the molecule is CCn1nccc1CNC(=O)CCn1nc([N+](=O)[O-])cc1C. The van der Waals surface area contributed by atoms with Crippen LogP contribution >= 0.6 is 0 Å². The van der Waals surface area contributed by atoms with Crippen molar-refractivity contribution in [1.29, 1.82) is 0 Å². The minimum absolute atomic E-state index is 0.138. The normalized spacial score (nSPS) is 10.6. The summed E-state index contributed by atoms with van der Waals surface area (Å²) in [7, 11) is 0. The number of carbonyl (C=O) groups excluding carboxylic acids is 1. The first-order valence-electron chi connectivity index (χ1n) is 6.97. The van der Waals surface area contributed by atoms with Crippen molar-refractivity contribution in [3.8, 4) is 0 Å². The van der Waals surface area contributed by atoms with Crippen molar-refractivity contribution in [2.75, 3.05) is 0 Å². The van der Waals surface area contributed by atoms with E-state index in [0.29, 0.717) is 18.8 Å². The van der Waals surface area contributed by atoms with Gasteiger partial charge in [-0.1, -0.05) is 0 Å². The molecule has 0 aromatic carbocycles. The zero-order valence-electron chi connectivity index (χ0n) is 12.5. The highest BCUT2D eigenvalue weighted by Crippen LogP contribution is 2.11. The molecule has 0 saturated carbocycles. The van der Waals surface area contributed by atoms with Gasteiger partial charge in [-0.05, 0) is 24.8 Å². The van der Waals surface area contributed by atoms with Gasteiger partial charge in [0, 0.05) is 19.2 Å². The number of nitrogens with one attached hydrogen (secondary N) is 1. The van der Waals surface area contributed by atoms with Gasteiger partial charge in [-0.25, -0.2) is 0 Å². The molecule has 2 heterocycles. The zero-order chi connectivity index (χ0) is 16.1. The molecule has 0 fully saturated rings. The van der Waals surface area contributed by atoms with Gasteiger partial charge in [-0.3, -0.25) is 9.48 Å². The van der Waals surface area contributed by atoms with Crippen LogP contribution in [0.3, 0.4) is 0 Å². The highest BCUT2D eigenvalue weighted by molar-refractivity contribution is 5.75. The Kier molecular flexibility index (Phi) is 4.87. The van der Waals surface area contributed by atoms with E-state index < -0.39 is 4.92 Å². The summed E-state index contributed by atoms with van der Waals surface area (Å²) in [4.78, 5) is 21.9. The number of nitrogens with zero attached hydrogens (tertiary/aromatic N) is 5. The first-order valence-corrected chi connectivity index (χ1v) is 6.97. The fourth-order valence-corrected chi connectivity index (χ4v) is 2.09. The molecule has 0 unspecified atom stereocenters. The van der Waals surface area contributed by atoms with Gasteiger partial charge in [0.1, 0.15) is 0 Å². The minimum atomic E-state index is -0.546. The van der Waals surface area contributed by atoms with E-state index in [1.165, 1.54) is 10.7 Å². The van der Waals surface area contributed by atoms with Gasteiger partial charge >= 0.3 is 5.82 Å². The van der Waals surface area contributed by atoms with E-state index in [1.807, 2.05) is 13.0 Å². The molecule has 0 radical (unpaired) electrons. The van der Waals surface area contributed by atoms with Crippen LogP contribution in [-0.2, 0) is 24.4 Å². The van der Waals surface area contributed by atoms with Crippen molar-refractivity contribution in [1.82, 2.24) is 24.9 Å². The summed E-state index contributed by atoms with van der Waals surface area (Å²) in [5.74, 6) is -0.342. The number of hydrogen-bond donors (Lipinski definition) is 1. The molecular weight excluding hydrogens is 288 g/mol. The summed E-state index contributed by atoms with van der Waals surface area (Å²) in [6.45, 7) is 5.15. The Balaban J connectivity index is 1.84. The lowest BCUT2D eigenvalue weighted by atomic mass is 10.3. The Bertz CT molecular complexity index is 675. The molecule has 0 spiro atoms. The van der Waals surface area contributed by atoms with E-state index in [0.717, 1.165) is 12.2 Å². The molecule has 9 nitrogen and oxygen atoms in total. The standard InChI is InChI=1S/C13H18N6O3/c1-3-17-11(4-6-15-17)9-14-13(20)5-7-18-10(2)8-12(16-18)19(21)22/h4,6,8H,3,5,7,9H2,1-2H3,(H,14,20). The molecule has 2 rings (SSSR count). The maximum atomic E-state index is 11.8. The molecule has 1 amide bonds. The number of nitro groups is 1. The van der Waals surface area contributed by atoms with Crippen molar-refractivity contribution < 1.29 is 9.72 Å². The number of rotatable bonds is 7. The predicted octanol–water partition coefficient (Wildman–Crippen LogP) is 1.02. The molecule has 2 aromatic rings. The lowest BCUT2D eigenvalue weighted by molar-refractivity contribution is -0.389. The van der Waals surface area contributed by atoms with Gasteiger partial charge < -0.3 is 15.4 Å². The number of hydrogen-bond acceptors (Lipinski definition) is 5. The van der Waals surface area contributed by atoms with E-state index in [-0.39, 0.29) is 18.1 Å². The lowest BCUT2D eigenvalue weighted by Gasteiger charge is -2.06. The molecule has 0 aliphatic heterocycles. The molecule has 9 heteroatoms. The van der Waals surface area contributed by atoms with Crippen LogP contribution in [0, 0.1) is 17.0 Å². The van der Waals surface area contributed by atoms with Crippen molar-refractivity contribution in [2.24, 2.45) is 0 Å². The van der Waals surface area contributed by atoms with Crippen LogP contribution in [0.2, 0.25) is 0 Å². The average molecular weight is 306 g/mol. The maximum absolute atomic E-state index is 11.8. The predicted molar refractivity (Wildman–Crippen MR) is 78.0 cm³/mol. The first-order chi connectivity index (χ1) is 10.5. The third-order valence-corrected chi connectivity index (χ3v) is 3.28. The summed E-state index contributed by atoms with van der Waals surface area (Å²) in [6, 6.07) is 3.24. The highest BCUT2D eigenvalue weighted by Gasteiger charge is 2.16. The topological polar surface area (TPSA) is 108 Å². The number of aromatic nitrogens is 4. The van der Waals surface area contributed by atoms with Gasteiger partial charge in [0.15, 0.2) is 0 Å². The fourth-order valence-electron chi connectivity index (χ4n) is 2.09. The summed E-state index contributed by atoms with van der Waals surface area (Å²) in [6.07, 6.45) is 1.90. The second kappa shape index (κ2) is 6.83. The minimum Gasteiger partial charge on any atom is -0.358 e. The Morgan fingerprint density at radius 3 is 2.86 bits per heavy atom. The summed E-state index contributed by atoms with van der Waals surface area (Å²) >= 11 is 0. The first kappa shape index (κ1) is 15.7. The Hall–Kier alpha value is -2.71. The van der Waals surface area contributed by atoms with Crippen LogP contribution in [0.1, 0.15) is 24.7 Å². The van der Waals surface area contributed by atoms with Gasteiger partial charge in [0.2, 0.25) is 5.91 Å². The van der Waals surface area contributed by atoms with Crippen LogP contribution in [0.15, 0.2) is 18.3 Å². The smallest absolute Gasteiger partial charge is 0.358 e. The largest absolute Gasteiger partial charge is 0.390 e. The van der Waals surface area contributed by atoms with Crippen molar-refractivity contribution in [3.05, 3.63) is 39.8 Å². The third kappa shape index (κ3) is 3.68. The van der Waals surface area contributed by atoms with Crippen molar-refractivity contribution in [2.45, 2.75) is 39.9 Å². The Morgan fingerprint density at radius 1 is 1.45 bits per heavy atom. The van der Waals surface area contributed by atoms with Crippen LogP contribution in [0.25, 0.3) is 0 Å². The third-order valence-electron chi connectivity index (χ3n) is 3.28. The molecule has 2 aromatic heterocycles. The summed E-state index contributed by atoms with van der Waals surface area (Å²) in [5, 5.41) is 21.4. The fraction of sp³-hybridized carbons (Fsp3) is 0.462. The van der Waals surface area contributed by atoms with E-state index in [4.69, 9.17) is 0 Å². The average Bonchev–Trinajstić information content (AvgIpc) is 3.09. The molecule has 0 atom stereocenters. The summed E-state index contributed by atoms with van der Waals surface area (Å²) in [5.41, 5.74) is 1.59. The van der Waals surface area contributed by atoms with Crippen LogP contribution in [0.5, 0.6) is 0 Å². The second-order valence-electron chi connectivity index (χ2n) is 4.79. The maximum Gasteiger partial charge on any atom is 0.390 e. The highest BCUT2D eigenvalue weighted by atomic mass is 16.6. The Labute approximate surface area is 127 Å². The molecule has 1 N–H and O–H groups in total. The molecule has 22 heavy (non-hydrogen) atoms. The van der Waals surface area contributed by atoms with Gasteiger partial charge in [0.25, 0.3) is 0 Å². The van der Waals surface area contributed by atoms with Gasteiger partial charge in [-0.15, -0.1) is 0 Å². The molecule has 118 valence electrons. The lowest BCUT2D eigenvalue weighted by Crippen LogP contribution is -2.25. The van der Waals surface area contributed by atoms with E-state index in [9.17, 15) is 14.9 Å². The number of amides is 1. The van der Waals surface area contributed by atoms with Gasteiger partial charge in [0.05, 0.1) is 35.6 Å². The quantitative estimate of drug-likeness (QED) is 0.607. The van der Waals surface area contributed by atoms with Crippen LogP contribution in [-0.4, -0.2) is 30.4 Å². The monoisotopic (exact) mass is 306 g/mol. The molecule has 0 saturated heterocycles. The second-order valence-corrected chi connectivity index (χ2v) is 4.79. The van der Waals surface area contributed by atoms with E-state index >= 15 is 0 Å². The van der Waals surface area contributed by atoms with E-state index in [2.05, 4.69) is 15.5 Å². The molecule has 0 aliphatic rings. The zero-order valence-corrected chi connectivity index (χ0v) is 12.5. The van der Waals surface area contributed by atoms with Gasteiger partial charge in [-0.2, -0.15) is 9.78 Å². The molecule has 0 aliphatic carbocycles. The summed E-state index contributed by atoms with van der Waals surface area (Å²) < 4.78 is 3.27. The molecular formula is C13H18N6O3. The van der Waals surface area contributed by atoms with Crippen LogP contribution in [0.4, 0.5) is 5.82 Å². The van der Waals surface area contributed by atoms with E-state index in [1.54, 1.807) is 17.8 Å². The number of aryl methyl sites for hydroxylation is 3. The van der Waals surface area contributed by atoms with Crippen molar-refractivity contribution >= 4 is 11.7 Å². The molecule has 0 bridgehead atoms. The number of carbonyl (C=O) groups is 1.